The summed E-state index contributed by atoms with van der Waals surface area (Å²) in [6.07, 6.45) is 2.50. The van der Waals surface area contributed by atoms with Crippen molar-refractivity contribution >= 4 is 27.5 Å². The quantitative estimate of drug-likeness (QED) is 0.387. The molecule has 5 rings (SSSR count). The van der Waals surface area contributed by atoms with Gasteiger partial charge in [-0.2, -0.15) is 0 Å². The Labute approximate surface area is 233 Å². The van der Waals surface area contributed by atoms with E-state index in [1.807, 2.05) is 49.4 Å². The molecule has 0 bridgehead atoms. The molecule has 1 heterocycles. The molecule has 0 fully saturated rings. The number of halogens is 1. The molecule has 0 spiro atoms. The van der Waals surface area contributed by atoms with Crippen molar-refractivity contribution in [3.8, 4) is 11.5 Å². The maximum atomic E-state index is 13.6. The van der Waals surface area contributed by atoms with Crippen molar-refractivity contribution in [1.29, 1.82) is 0 Å². The van der Waals surface area contributed by atoms with Crippen molar-refractivity contribution < 1.29 is 19.1 Å². The van der Waals surface area contributed by atoms with Crippen LogP contribution in [0, 0.1) is 10.8 Å². The van der Waals surface area contributed by atoms with Crippen LogP contribution in [-0.4, -0.2) is 18.2 Å². The van der Waals surface area contributed by atoms with Crippen molar-refractivity contribution in [1.82, 2.24) is 5.32 Å². The fourth-order valence-corrected chi connectivity index (χ4v) is 6.48. The molecule has 1 N–H and O–H groups in total. The van der Waals surface area contributed by atoms with Gasteiger partial charge >= 0.3 is 0 Å². The predicted octanol–water partition coefficient (Wildman–Crippen LogP) is 7.40. The van der Waals surface area contributed by atoms with Gasteiger partial charge in [-0.25, -0.2) is 0 Å². The highest BCUT2D eigenvalue weighted by Gasteiger charge is 2.46. The molecule has 2 aromatic rings. The van der Waals surface area contributed by atoms with Crippen LogP contribution in [0.3, 0.4) is 0 Å². The van der Waals surface area contributed by atoms with Gasteiger partial charge in [0.1, 0.15) is 6.61 Å². The Bertz CT molecular complexity index is 1320. The maximum absolute atomic E-state index is 13.6. The van der Waals surface area contributed by atoms with Gasteiger partial charge in [0.15, 0.2) is 23.1 Å². The largest absolute Gasteiger partial charge is 0.490 e. The van der Waals surface area contributed by atoms with Crippen LogP contribution in [0.4, 0.5) is 0 Å². The smallest absolute Gasteiger partial charge is 0.162 e. The summed E-state index contributed by atoms with van der Waals surface area (Å²) >= 11 is 3.58. The minimum atomic E-state index is -0.398. The van der Waals surface area contributed by atoms with Crippen molar-refractivity contribution in [3.63, 3.8) is 0 Å². The van der Waals surface area contributed by atoms with Gasteiger partial charge in [0.2, 0.25) is 0 Å². The fourth-order valence-electron chi connectivity index (χ4n) is 6.08. The van der Waals surface area contributed by atoms with E-state index in [0.29, 0.717) is 37.6 Å². The number of nitrogens with one attached hydrogen (secondary N) is 1. The van der Waals surface area contributed by atoms with E-state index in [-0.39, 0.29) is 22.4 Å². The number of hydrogen-bond donors (Lipinski definition) is 1. The van der Waals surface area contributed by atoms with Crippen LogP contribution in [0.25, 0.3) is 0 Å². The molecule has 3 aliphatic rings. The summed E-state index contributed by atoms with van der Waals surface area (Å²) in [6, 6.07) is 13.8. The minimum absolute atomic E-state index is 0.116. The average molecular weight is 579 g/mol. The highest BCUT2D eigenvalue weighted by Crippen LogP contribution is 2.51. The van der Waals surface area contributed by atoms with Crippen LogP contribution in [-0.2, 0) is 16.2 Å². The zero-order valence-corrected chi connectivity index (χ0v) is 24.5. The maximum Gasteiger partial charge on any atom is 0.162 e. The Kier molecular flexibility index (Phi) is 7.06. The summed E-state index contributed by atoms with van der Waals surface area (Å²) < 4.78 is 13.2. The average Bonchev–Trinajstić information content (AvgIpc) is 2.81. The Morgan fingerprint density at radius 3 is 2.03 bits per heavy atom. The lowest BCUT2D eigenvalue weighted by molar-refractivity contribution is -0.119. The predicted molar refractivity (Wildman–Crippen MR) is 152 cm³/mol. The number of hydrogen-bond acceptors (Lipinski definition) is 5. The lowest BCUT2D eigenvalue weighted by Crippen LogP contribution is -2.42. The van der Waals surface area contributed by atoms with Crippen molar-refractivity contribution in [2.45, 2.75) is 72.8 Å². The van der Waals surface area contributed by atoms with Crippen LogP contribution in [0.1, 0.15) is 77.3 Å². The van der Waals surface area contributed by atoms with Gasteiger partial charge in [-0.1, -0.05) is 67.9 Å². The standard InChI is InChI=1S/C32H36BrNO4/c1-6-37-27-13-19(11-12-26(27)38-18-20-9-7-8-10-21(20)33)28-29-22(14-31(2,3)16-24(29)35)34-23-15-32(4,5)17-25(36)30(23)28/h7-13,28,34H,6,14-18H2,1-5H3. The summed E-state index contributed by atoms with van der Waals surface area (Å²) in [7, 11) is 0. The number of rotatable bonds is 6. The second-order valence-corrected chi connectivity index (χ2v) is 13.1. The van der Waals surface area contributed by atoms with E-state index >= 15 is 0 Å². The SMILES string of the molecule is CCOc1cc(C2C3=C(CC(C)(C)CC3=O)NC3=C2C(=O)CC(C)(C)C3)ccc1OCc1ccccc1Br. The van der Waals surface area contributed by atoms with E-state index in [4.69, 9.17) is 9.47 Å². The van der Waals surface area contributed by atoms with Gasteiger partial charge in [-0.05, 0) is 54.4 Å². The molecule has 0 radical (unpaired) electrons. The Balaban J connectivity index is 1.58. The molecule has 2 aliphatic carbocycles. The van der Waals surface area contributed by atoms with Crippen LogP contribution in [0.2, 0.25) is 0 Å². The van der Waals surface area contributed by atoms with Crippen molar-refractivity contribution in [3.05, 3.63) is 80.6 Å². The normalized spacial score (nSPS) is 20.6. The Morgan fingerprint density at radius 2 is 1.45 bits per heavy atom. The van der Waals surface area contributed by atoms with Gasteiger partial charge in [0.25, 0.3) is 0 Å². The summed E-state index contributed by atoms with van der Waals surface area (Å²) in [6.45, 7) is 11.3. The lowest BCUT2D eigenvalue weighted by Gasteiger charge is -2.44. The number of Topliss-reactive ketones (excluding diaryl/α,β-unsaturated/α-hetero) is 2. The molecule has 0 atom stereocenters. The summed E-state index contributed by atoms with van der Waals surface area (Å²) in [5.74, 6) is 1.09. The molecule has 0 saturated heterocycles. The third kappa shape index (κ3) is 5.20. The first-order valence-corrected chi connectivity index (χ1v) is 14.2. The zero-order valence-electron chi connectivity index (χ0n) is 22.9. The number of carbonyl (C=O) groups excluding carboxylic acids is 2. The zero-order chi connectivity index (χ0) is 27.2. The summed E-state index contributed by atoms with van der Waals surface area (Å²) in [5.41, 5.74) is 5.08. The van der Waals surface area contributed by atoms with Gasteiger partial charge < -0.3 is 14.8 Å². The van der Waals surface area contributed by atoms with E-state index in [9.17, 15) is 9.59 Å². The van der Waals surface area contributed by atoms with Gasteiger partial charge in [0.05, 0.1) is 6.61 Å². The molecule has 5 nitrogen and oxygen atoms in total. The highest BCUT2D eigenvalue weighted by molar-refractivity contribution is 9.10. The molecular formula is C32H36BrNO4. The second-order valence-electron chi connectivity index (χ2n) is 12.2. The molecule has 0 aromatic heterocycles. The number of carbonyl (C=O) groups is 2. The first kappa shape index (κ1) is 26.7. The van der Waals surface area contributed by atoms with Gasteiger partial charge in [-0.15, -0.1) is 0 Å². The van der Waals surface area contributed by atoms with Gasteiger partial charge in [-0.3, -0.25) is 9.59 Å². The van der Waals surface area contributed by atoms with Crippen LogP contribution >= 0.6 is 15.9 Å². The number of allylic oxidation sites excluding steroid dienone is 4. The summed E-state index contributed by atoms with van der Waals surface area (Å²) in [4.78, 5) is 27.2. The molecule has 2 aromatic carbocycles. The first-order valence-electron chi connectivity index (χ1n) is 13.4. The summed E-state index contributed by atoms with van der Waals surface area (Å²) in [5, 5.41) is 3.58. The van der Waals surface area contributed by atoms with E-state index in [0.717, 1.165) is 51.0 Å². The number of ether oxygens (including phenoxy) is 2. The number of ketones is 2. The van der Waals surface area contributed by atoms with E-state index in [2.05, 4.69) is 48.9 Å². The highest BCUT2D eigenvalue weighted by atomic mass is 79.9. The van der Waals surface area contributed by atoms with Crippen LogP contribution < -0.4 is 14.8 Å². The molecule has 200 valence electrons. The molecule has 38 heavy (non-hydrogen) atoms. The van der Waals surface area contributed by atoms with Crippen molar-refractivity contribution in [2.75, 3.05) is 6.61 Å². The fraction of sp³-hybridized carbons (Fsp3) is 0.438. The second kappa shape index (κ2) is 10.0. The molecule has 0 unspecified atom stereocenters. The topological polar surface area (TPSA) is 64.6 Å². The van der Waals surface area contributed by atoms with Crippen LogP contribution in [0.15, 0.2) is 69.5 Å². The van der Waals surface area contributed by atoms with E-state index in [1.165, 1.54) is 0 Å². The lowest BCUT2D eigenvalue weighted by atomic mass is 9.64. The van der Waals surface area contributed by atoms with E-state index < -0.39 is 5.92 Å². The van der Waals surface area contributed by atoms with Gasteiger partial charge in [0, 0.05) is 51.3 Å². The number of dihydropyridines is 1. The third-order valence-electron chi connectivity index (χ3n) is 7.66. The van der Waals surface area contributed by atoms with E-state index in [1.54, 1.807) is 0 Å². The monoisotopic (exact) mass is 577 g/mol. The van der Waals surface area contributed by atoms with Crippen LogP contribution in [0.5, 0.6) is 11.5 Å². The molecule has 0 saturated carbocycles. The minimum Gasteiger partial charge on any atom is -0.490 e. The van der Waals surface area contributed by atoms with Crippen molar-refractivity contribution in [2.24, 2.45) is 10.8 Å². The molecule has 0 amide bonds. The molecule has 1 aliphatic heterocycles. The third-order valence-corrected chi connectivity index (χ3v) is 8.43. The first-order chi connectivity index (χ1) is 18.0. The number of benzene rings is 2. The molecule has 6 heteroatoms. The Hall–Kier alpha value is -2.86. The Morgan fingerprint density at radius 1 is 0.842 bits per heavy atom. The molecular weight excluding hydrogens is 542 g/mol.